The Morgan fingerprint density at radius 1 is 0.923 bits per heavy atom. The van der Waals surface area contributed by atoms with Crippen LogP contribution >= 0.6 is 23.2 Å². The standard InChI is InChI=1S/C39H46Cl2F2N4O10S.C2HF3O2/c1-45-12-14-46(15-13-45)11-2-16-58(51,52)44-32-9-7-28(18-35(32)53-22-25-3-4-25)38(49)55-24-37(48)56-34(19-29-30(40)20-47(50)21-31(29)41)27-8-10-33(57-39(42)43)36(17-27)54-23-26-5-6-26;3-2(4,5)1(6)7/h7-10,17-18,20-21,25-26,34,39,44H,2-6,11-16,19,22-24H2,1H3;(H,6,7)/t34-;/m0./s1. The fraction of sp³-hybridized carbons (Fsp3) is 0.512. The lowest BCUT2D eigenvalue weighted by molar-refractivity contribution is -0.605. The molecule has 65 heavy (non-hydrogen) atoms. The average Bonchev–Trinajstić information content (AvgIpc) is 4.17. The summed E-state index contributed by atoms with van der Waals surface area (Å²) >= 11 is 12.7. The second-order valence-electron chi connectivity index (χ2n) is 15.6. The van der Waals surface area contributed by atoms with Gasteiger partial charge in [0.05, 0.1) is 30.2 Å². The molecular weight excluding hydrogens is 938 g/mol. The molecule has 1 aromatic heterocycles. The third-order valence-electron chi connectivity index (χ3n) is 10.1. The summed E-state index contributed by atoms with van der Waals surface area (Å²) in [6.07, 6.45) is -0.0214. The van der Waals surface area contributed by atoms with Crippen molar-refractivity contribution in [3.05, 3.63) is 80.7 Å². The van der Waals surface area contributed by atoms with E-state index in [9.17, 15) is 45.2 Å². The van der Waals surface area contributed by atoms with Gasteiger partial charge in [-0.3, -0.25) is 4.72 Å². The van der Waals surface area contributed by atoms with Crippen LogP contribution < -0.4 is 23.7 Å². The van der Waals surface area contributed by atoms with Crippen LogP contribution in [0, 0.1) is 17.0 Å². The molecule has 2 N–H and O–H groups in total. The fourth-order valence-electron chi connectivity index (χ4n) is 6.18. The number of aliphatic carboxylic acids is 1. The number of piperazine rings is 1. The Kier molecular flexibility index (Phi) is 18.1. The summed E-state index contributed by atoms with van der Waals surface area (Å²) in [4.78, 5) is 39.9. The number of esters is 2. The van der Waals surface area contributed by atoms with E-state index in [0.29, 0.717) is 30.2 Å². The van der Waals surface area contributed by atoms with Crippen molar-refractivity contribution in [3.8, 4) is 17.2 Å². The molecule has 1 atom stereocenters. The van der Waals surface area contributed by atoms with E-state index in [4.69, 9.17) is 52.1 Å². The molecule has 0 unspecified atom stereocenters. The van der Waals surface area contributed by atoms with Gasteiger partial charge < -0.3 is 43.8 Å². The molecule has 2 heterocycles. The Morgan fingerprint density at radius 2 is 1.52 bits per heavy atom. The molecule has 2 aliphatic carbocycles. The summed E-state index contributed by atoms with van der Waals surface area (Å²) in [6, 6.07) is 8.18. The minimum absolute atomic E-state index is 0.00377. The zero-order chi connectivity index (χ0) is 47.5. The van der Waals surface area contributed by atoms with Gasteiger partial charge in [0, 0.05) is 38.2 Å². The minimum Gasteiger partial charge on any atom is -0.619 e. The molecular formula is C41H47Cl2F5N4O12S. The van der Waals surface area contributed by atoms with Crippen LogP contribution in [0.3, 0.4) is 0 Å². The molecule has 0 radical (unpaired) electrons. The van der Waals surface area contributed by atoms with E-state index in [1.165, 1.54) is 36.4 Å². The van der Waals surface area contributed by atoms with Crippen LogP contribution in [0.4, 0.5) is 27.6 Å². The highest BCUT2D eigenvalue weighted by atomic mass is 35.5. The Hall–Kier alpha value is -4.90. The van der Waals surface area contributed by atoms with Crippen LogP contribution in [-0.4, -0.2) is 119 Å². The summed E-state index contributed by atoms with van der Waals surface area (Å²) in [6.45, 7) is 0.907. The van der Waals surface area contributed by atoms with Crippen LogP contribution in [-0.2, 0) is 35.5 Å². The SMILES string of the molecule is CN1CCN(CCCS(=O)(=O)Nc2ccc(C(=O)OCC(=O)O[C@@H](Cc3c(Cl)c[n+]([O-])cc3Cl)c3ccc(OC(F)F)c(OCC4CC4)c3)cc2OCC2CC2)CC1.O=C(O)C(F)(F)F. The number of aromatic nitrogens is 1. The van der Waals surface area contributed by atoms with Gasteiger partial charge in [0.15, 0.2) is 30.5 Å². The van der Waals surface area contributed by atoms with Crippen molar-refractivity contribution in [3.63, 3.8) is 0 Å². The molecule has 2 aromatic carbocycles. The van der Waals surface area contributed by atoms with Crippen LogP contribution in [0.5, 0.6) is 17.2 Å². The largest absolute Gasteiger partial charge is 0.619 e. The first-order chi connectivity index (χ1) is 30.6. The van der Waals surface area contributed by atoms with Gasteiger partial charge in [-0.15, -0.1) is 0 Å². The lowest BCUT2D eigenvalue weighted by Crippen LogP contribution is -2.45. The van der Waals surface area contributed by atoms with Crippen molar-refractivity contribution in [2.24, 2.45) is 11.8 Å². The van der Waals surface area contributed by atoms with Crippen molar-refractivity contribution in [2.75, 3.05) is 70.1 Å². The van der Waals surface area contributed by atoms with Gasteiger partial charge in [-0.05, 0) is 93.4 Å². The third kappa shape index (κ3) is 17.1. The maximum absolute atomic E-state index is 13.3. The maximum Gasteiger partial charge on any atom is 0.490 e. The number of hydrogen-bond acceptors (Lipinski definition) is 13. The lowest BCUT2D eigenvalue weighted by atomic mass is 10.0. The summed E-state index contributed by atoms with van der Waals surface area (Å²) in [7, 11) is -1.70. The summed E-state index contributed by atoms with van der Waals surface area (Å²) in [5, 5.41) is 19.0. The molecule has 1 aliphatic heterocycles. The summed E-state index contributed by atoms with van der Waals surface area (Å²) in [5.74, 6) is -4.24. The number of anilines is 1. The van der Waals surface area contributed by atoms with Gasteiger partial charge in [-0.25, -0.2) is 22.8 Å². The van der Waals surface area contributed by atoms with Gasteiger partial charge in [0.25, 0.3) is 0 Å². The first kappa shape index (κ1) is 51.1. The van der Waals surface area contributed by atoms with Crippen LogP contribution in [0.2, 0.25) is 10.0 Å². The predicted octanol–water partition coefficient (Wildman–Crippen LogP) is 6.50. The number of carbonyl (C=O) groups excluding carboxylic acids is 2. The molecule has 3 aliphatic rings. The normalized spacial score (nSPS) is 16.2. The number of likely N-dealkylation sites (N-methyl/N-ethyl adjacent to an activating group) is 1. The first-order valence-corrected chi connectivity index (χ1v) is 22.7. The van der Waals surface area contributed by atoms with E-state index in [1.807, 2.05) is 0 Å². The monoisotopic (exact) mass is 984 g/mol. The Balaban J connectivity index is 0.00000105. The number of halogens is 7. The van der Waals surface area contributed by atoms with E-state index in [-0.39, 0.29) is 74.4 Å². The fourth-order valence-corrected chi connectivity index (χ4v) is 7.89. The summed E-state index contributed by atoms with van der Waals surface area (Å²) < 4.78 is 115. The van der Waals surface area contributed by atoms with E-state index >= 15 is 0 Å². The smallest absolute Gasteiger partial charge is 0.490 e. The number of sulfonamides is 1. The van der Waals surface area contributed by atoms with Gasteiger partial charge >= 0.3 is 30.7 Å². The Bertz CT molecular complexity index is 2220. The number of nitrogens with one attached hydrogen (secondary N) is 1. The summed E-state index contributed by atoms with van der Waals surface area (Å²) in [5.41, 5.74) is 0.704. The van der Waals surface area contributed by atoms with Gasteiger partial charge in [-0.2, -0.15) is 26.7 Å². The van der Waals surface area contributed by atoms with E-state index in [0.717, 1.165) is 64.3 Å². The van der Waals surface area contributed by atoms with Crippen molar-refractivity contribution in [2.45, 2.75) is 57.4 Å². The number of carbonyl (C=O) groups is 3. The molecule has 0 bridgehead atoms. The Labute approximate surface area is 381 Å². The minimum atomic E-state index is -5.08. The number of alkyl halides is 5. The number of hydrogen-bond donors (Lipinski definition) is 2. The van der Waals surface area contributed by atoms with Crippen LogP contribution in [0.1, 0.15) is 59.7 Å². The van der Waals surface area contributed by atoms with Crippen LogP contribution in [0.25, 0.3) is 0 Å². The van der Waals surface area contributed by atoms with Crippen molar-refractivity contribution < 1.29 is 78.3 Å². The number of ether oxygens (including phenoxy) is 5. The number of carboxylic acid groups (broad SMARTS) is 1. The van der Waals surface area contributed by atoms with Gasteiger partial charge in [0.2, 0.25) is 10.0 Å². The number of carboxylic acids is 1. The second kappa shape index (κ2) is 23.0. The average molecular weight is 986 g/mol. The molecule has 0 spiro atoms. The zero-order valence-corrected chi connectivity index (χ0v) is 37.2. The lowest BCUT2D eigenvalue weighted by Gasteiger charge is -2.32. The van der Waals surface area contributed by atoms with Gasteiger partial charge in [-0.1, -0.05) is 29.3 Å². The molecule has 6 rings (SSSR count). The number of benzene rings is 2. The second-order valence-corrected chi connectivity index (χ2v) is 18.2. The van der Waals surface area contributed by atoms with Crippen molar-refractivity contribution in [1.29, 1.82) is 0 Å². The number of pyridine rings is 1. The van der Waals surface area contributed by atoms with E-state index < -0.39 is 53.4 Å². The predicted molar refractivity (Wildman–Crippen MR) is 224 cm³/mol. The topological polar surface area (TPSA) is 197 Å². The van der Waals surface area contributed by atoms with E-state index in [1.54, 1.807) is 0 Å². The zero-order valence-electron chi connectivity index (χ0n) is 34.9. The molecule has 3 fully saturated rings. The quantitative estimate of drug-likeness (QED) is 0.0508. The highest BCUT2D eigenvalue weighted by molar-refractivity contribution is 7.92. The first-order valence-electron chi connectivity index (χ1n) is 20.3. The molecule has 24 heteroatoms. The van der Waals surface area contributed by atoms with Crippen molar-refractivity contribution >= 4 is 56.8 Å². The maximum atomic E-state index is 13.3. The Morgan fingerprint density at radius 3 is 2.09 bits per heavy atom. The molecule has 358 valence electrons. The highest BCUT2D eigenvalue weighted by Gasteiger charge is 2.38. The number of rotatable bonds is 21. The molecule has 0 amide bonds. The molecule has 2 saturated carbocycles. The third-order valence-corrected chi connectivity index (χ3v) is 12.2. The van der Waals surface area contributed by atoms with Crippen molar-refractivity contribution in [1.82, 2.24) is 9.80 Å². The van der Waals surface area contributed by atoms with E-state index in [2.05, 4.69) is 26.3 Å². The van der Waals surface area contributed by atoms with Crippen LogP contribution in [0.15, 0.2) is 48.8 Å². The van der Waals surface area contributed by atoms with Gasteiger partial charge in [0.1, 0.15) is 21.9 Å². The molecule has 3 aromatic rings. The number of nitrogens with zero attached hydrogens (tertiary/aromatic N) is 3. The molecule has 16 nitrogen and oxygen atoms in total. The highest BCUT2D eigenvalue weighted by Crippen LogP contribution is 2.38. The molecule has 1 saturated heterocycles.